The van der Waals surface area contributed by atoms with Gasteiger partial charge in [0, 0.05) is 18.7 Å². The van der Waals surface area contributed by atoms with Gasteiger partial charge in [-0.25, -0.2) is 14.0 Å². The number of carboxylic acid groups (broad SMARTS) is 1. The van der Waals surface area contributed by atoms with E-state index in [9.17, 15) is 18.8 Å². The Bertz CT molecular complexity index is 543. The lowest BCUT2D eigenvalue weighted by Crippen LogP contribution is -2.39. The molecule has 0 saturated carbocycles. The van der Waals surface area contributed by atoms with Crippen molar-refractivity contribution in [3.63, 3.8) is 0 Å². The number of amides is 3. The first kappa shape index (κ1) is 15.4. The quantitative estimate of drug-likeness (QED) is 0.696. The van der Waals surface area contributed by atoms with Crippen molar-refractivity contribution < 1.29 is 23.9 Å². The fourth-order valence-corrected chi connectivity index (χ4v) is 1.36. The maximum atomic E-state index is 12.9. The average molecular weight is 280 g/mol. The Hall–Kier alpha value is -2.70. The molecule has 0 aromatic heterocycles. The van der Waals surface area contributed by atoms with Crippen LogP contribution in [0.4, 0.5) is 9.18 Å². The van der Waals surface area contributed by atoms with Crippen molar-refractivity contribution in [2.45, 2.75) is 6.42 Å². The van der Waals surface area contributed by atoms with E-state index in [1.807, 2.05) is 5.32 Å². The number of halogens is 1. The molecule has 0 saturated heterocycles. The third-order valence-corrected chi connectivity index (χ3v) is 2.20. The van der Waals surface area contributed by atoms with Crippen LogP contribution in [-0.4, -0.2) is 29.6 Å². The van der Waals surface area contributed by atoms with Crippen LogP contribution in [0, 0.1) is 5.82 Å². The van der Waals surface area contributed by atoms with Crippen LogP contribution in [0.3, 0.4) is 0 Å². The number of carbonyl (C=O) groups excluding carboxylic acids is 2. The van der Waals surface area contributed by atoms with Crippen LogP contribution in [0.1, 0.15) is 5.56 Å². The Labute approximate surface area is 114 Å². The summed E-state index contributed by atoms with van der Waals surface area (Å²) in [5.74, 6) is -2.48. The number of nitrogens with one attached hydrogen (secondary N) is 2. The van der Waals surface area contributed by atoms with Crippen LogP contribution in [0.5, 0.6) is 0 Å². The SMILES string of the molecule is O=C(O)/C=C/C(=O)NC(=O)NCCc1cccc(F)c1. The highest BCUT2D eigenvalue weighted by Gasteiger charge is 2.04. The van der Waals surface area contributed by atoms with Gasteiger partial charge in [-0.05, 0) is 24.1 Å². The fourth-order valence-electron chi connectivity index (χ4n) is 1.36. The van der Waals surface area contributed by atoms with Gasteiger partial charge in [-0.3, -0.25) is 10.1 Å². The summed E-state index contributed by atoms with van der Waals surface area (Å²) in [6.07, 6.45) is 1.76. The number of hydrogen-bond donors (Lipinski definition) is 3. The normalized spacial score (nSPS) is 10.2. The Balaban J connectivity index is 2.30. The van der Waals surface area contributed by atoms with Crippen molar-refractivity contribution in [3.8, 4) is 0 Å². The van der Waals surface area contributed by atoms with E-state index in [2.05, 4.69) is 5.32 Å². The molecule has 20 heavy (non-hydrogen) atoms. The lowest BCUT2D eigenvalue weighted by molar-refractivity contribution is -0.131. The maximum absolute atomic E-state index is 12.9. The number of carboxylic acids is 1. The van der Waals surface area contributed by atoms with Gasteiger partial charge < -0.3 is 10.4 Å². The first-order valence-corrected chi connectivity index (χ1v) is 5.71. The number of carbonyl (C=O) groups is 3. The van der Waals surface area contributed by atoms with Gasteiger partial charge in [0.2, 0.25) is 0 Å². The summed E-state index contributed by atoms with van der Waals surface area (Å²) < 4.78 is 12.9. The molecular formula is C13H13FN2O4. The van der Waals surface area contributed by atoms with E-state index in [4.69, 9.17) is 5.11 Å². The van der Waals surface area contributed by atoms with E-state index in [1.165, 1.54) is 12.1 Å². The van der Waals surface area contributed by atoms with E-state index in [0.717, 1.165) is 6.08 Å². The highest BCUT2D eigenvalue weighted by atomic mass is 19.1. The highest BCUT2D eigenvalue weighted by Crippen LogP contribution is 2.03. The zero-order valence-corrected chi connectivity index (χ0v) is 10.4. The Morgan fingerprint density at radius 3 is 2.65 bits per heavy atom. The van der Waals surface area contributed by atoms with Crippen LogP contribution in [0.15, 0.2) is 36.4 Å². The lowest BCUT2D eigenvalue weighted by Gasteiger charge is -2.05. The molecule has 7 heteroatoms. The van der Waals surface area contributed by atoms with E-state index in [-0.39, 0.29) is 12.4 Å². The summed E-state index contributed by atoms with van der Waals surface area (Å²) in [6.45, 7) is 0.214. The molecule has 0 spiro atoms. The zero-order chi connectivity index (χ0) is 15.0. The van der Waals surface area contributed by atoms with E-state index in [1.54, 1.807) is 12.1 Å². The molecule has 0 atom stereocenters. The van der Waals surface area contributed by atoms with Crippen molar-refractivity contribution in [1.29, 1.82) is 0 Å². The predicted molar refractivity (Wildman–Crippen MR) is 68.4 cm³/mol. The van der Waals surface area contributed by atoms with Crippen LogP contribution in [-0.2, 0) is 16.0 Å². The van der Waals surface area contributed by atoms with Crippen molar-refractivity contribution in [1.82, 2.24) is 10.6 Å². The number of urea groups is 1. The standard InChI is InChI=1S/C13H13FN2O4/c14-10-3-1-2-9(8-10)6-7-15-13(20)16-11(17)4-5-12(18)19/h1-5,8H,6-7H2,(H,18,19)(H2,15,16,17,20)/b5-4+. The number of benzene rings is 1. The van der Waals surface area contributed by atoms with Crippen LogP contribution in [0.2, 0.25) is 0 Å². The Kier molecular flexibility index (Phi) is 5.89. The molecule has 1 rings (SSSR count). The molecule has 0 bridgehead atoms. The summed E-state index contributed by atoms with van der Waals surface area (Å²) in [5.41, 5.74) is 0.711. The predicted octanol–water partition coefficient (Wildman–Crippen LogP) is 0.835. The smallest absolute Gasteiger partial charge is 0.328 e. The van der Waals surface area contributed by atoms with Crippen molar-refractivity contribution >= 4 is 17.9 Å². The topological polar surface area (TPSA) is 95.5 Å². The van der Waals surface area contributed by atoms with Gasteiger partial charge in [0.15, 0.2) is 0 Å². The fraction of sp³-hybridized carbons (Fsp3) is 0.154. The Morgan fingerprint density at radius 1 is 1.25 bits per heavy atom. The largest absolute Gasteiger partial charge is 0.478 e. The highest BCUT2D eigenvalue weighted by molar-refractivity contribution is 6.02. The van der Waals surface area contributed by atoms with E-state index < -0.39 is 17.9 Å². The second-order valence-corrected chi connectivity index (χ2v) is 3.80. The third-order valence-electron chi connectivity index (χ3n) is 2.20. The zero-order valence-electron chi connectivity index (χ0n) is 10.4. The minimum atomic E-state index is -1.29. The molecule has 0 aliphatic carbocycles. The molecule has 0 heterocycles. The molecule has 3 amide bonds. The van der Waals surface area contributed by atoms with Crippen LogP contribution in [0.25, 0.3) is 0 Å². The van der Waals surface area contributed by atoms with E-state index >= 15 is 0 Å². The van der Waals surface area contributed by atoms with Gasteiger partial charge in [0.05, 0.1) is 0 Å². The summed E-state index contributed by atoms with van der Waals surface area (Å²) >= 11 is 0. The molecule has 3 N–H and O–H groups in total. The van der Waals surface area contributed by atoms with Crippen molar-refractivity contribution in [2.75, 3.05) is 6.54 Å². The molecule has 1 aromatic carbocycles. The van der Waals surface area contributed by atoms with Gasteiger partial charge in [0.1, 0.15) is 5.82 Å². The van der Waals surface area contributed by atoms with Crippen molar-refractivity contribution in [2.24, 2.45) is 0 Å². The second-order valence-electron chi connectivity index (χ2n) is 3.80. The summed E-state index contributed by atoms with van der Waals surface area (Å²) in [7, 11) is 0. The van der Waals surface area contributed by atoms with Gasteiger partial charge in [0.25, 0.3) is 5.91 Å². The number of aliphatic carboxylic acids is 1. The second kappa shape index (κ2) is 7.67. The molecule has 0 unspecified atom stereocenters. The Morgan fingerprint density at radius 2 is 2.00 bits per heavy atom. The van der Waals surface area contributed by atoms with E-state index in [0.29, 0.717) is 18.1 Å². The first-order valence-electron chi connectivity index (χ1n) is 5.71. The summed E-state index contributed by atoms with van der Waals surface area (Å²) in [5, 5.41) is 12.6. The molecule has 1 aromatic rings. The minimum Gasteiger partial charge on any atom is -0.478 e. The summed E-state index contributed by atoms with van der Waals surface area (Å²) in [4.78, 5) is 32.5. The van der Waals surface area contributed by atoms with Gasteiger partial charge in [-0.1, -0.05) is 12.1 Å². The molecular weight excluding hydrogens is 267 g/mol. The monoisotopic (exact) mass is 280 g/mol. The minimum absolute atomic E-state index is 0.214. The van der Waals surface area contributed by atoms with Crippen LogP contribution >= 0.6 is 0 Å². The molecule has 0 radical (unpaired) electrons. The molecule has 0 aliphatic heterocycles. The number of hydrogen-bond acceptors (Lipinski definition) is 3. The average Bonchev–Trinajstić information content (AvgIpc) is 2.36. The van der Waals surface area contributed by atoms with Crippen molar-refractivity contribution in [3.05, 3.63) is 47.8 Å². The van der Waals surface area contributed by atoms with Gasteiger partial charge in [-0.2, -0.15) is 0 Å². The van der Waals surface area contributed by atoms with Gasteiger partial charge >= 0.3 is 12.0 Å². The number of imide groups is 1. The van der Waals surface area contributed by atoms with Crippen LogP contribution < -0.4 is 10.6 Å². The van der Waals surface area contributed by atoms with Gasteiger partial charge in [-0.15, -0.1) is 0 Å². The number of rotatable bonds is 5. The lowest BCUT2D eigenvalue weighted by atomic mass is 10.1. The molecule has 0 fully saturated rings. The molecule has 6 nitrogen and oxygen atoms in total. The molecule has 106 valence electrons. The maximum Gasteiger partial charge on any atom is 0.328 e. The first-order chi connectivity index (χ1) is 9.47. The molecule has 0 aliphatic rings. The third kappa shape index (κ3) is 6.29. The summed E-state index contributed by atoms with van der Waals surface area (Å²) in [6, 6.07) is 5.19.